The molecule has 0 spiro atoms. The summed E-state index contributed by atoms with van der Waals surface area (Å²) in [6.45, 7) is 3.81. The molecule has 1 unspecified atom stereocenters. The monoisotopic (exact) mass is 239 g/mol. The lowest BCUT2D eigenvalue weighted by Crippen LogP contribution is -2.35. The molecule has 5 heteroatoms. The van der Waals surface area contributed by atoms with Crippen LogP contribution in [0.25, 0.3) is 0 Å². The van der Waals surface area contributed by atoms with E-state index in [2.05, 4.69) is 5.43 Å². The molecule has 0 bridgehead atoms. The highest BCUT2D eigenvalue weighted by atomic mass is 32.2. The van der Waals surface area contributed by atoms with Gasteiger partial charge < -0.3 is 5.73 Å². The zero-order valence-electron chi connectivity index (χ0n) is 9.49. The number of benzene rings is 1. The van der Waals surface area contributed by atoms with Gasteiger partial charge in [0.05, 0.1) is 0 Å². The van der Waals surface area contributed by atoms with E-state index in [0.717, 1.165) is 16.1 Å². The fourth-order valence-corrected chi connectivity index (χ4v) is 2.20. The summed E-state index contributed by atoms with van der Waals surface area (Å²) in [4.78, 5) is 12.3. The molecule has 1 rings (SSSR count). The Morgan fingerprint density at radius 2 is 2.25 bits per heavy atom. The number of nitrogens with two attached hydrogens (primary N) is 2. The number of thioether (sulfide) groups is 1. The van der Waals surface area contributed by atoms with Gasteiger partial charge in [-0.15, -0.1) is 11.8 Å². The van der Waals surface area contributed by atoms with Gasteiger partial charge in [0, 0.05) is 22.3 Å². The maximum Gasteiger partial charge on any atom is 0.237 e. The molecule has 1 amide bonds. The summed E-state index contributed by atoms with van der Waals surface area (Å²) in [6, 6.07) is 5.86. The van der Waals surface area contributed by atoms with Crippen molar-refractivity contribution in [2.45, 2.75) is 18.7 Å². The van der Waals surface area contributed by atoms with Crippen LogP contribution in [0.15, 0.2) is 23.1 Å². The number of nitrogen functional groups attached to an aromatic ring is 1. The van der Waals surface area contributed by atoms with Gasteiger partial charge in [0.15, 0.2) is 0 Å². The van der Waals surface area contributed by atoms with Crippen molar-refractivity contribution in [2.75, 3.05) is 11.5 Å². The third kappa shape index (κ3) is 3.43. The van der Waals surface area contributed by atoms with Crippen molar-refractivity contribution in [3.8, 4) is 0 Å². The molecule has 16 heavy (non-hydrogen) atoms. The first-order valence-corrected chi connectivity index (χ1v) is 6.02. The molecule has 0 fully saturated rings. The molecular weight excluding hydrogens is 222 g/mol. The predicted octanol–water partition coefficient (Wildman–Crippen LogP) is 1.30. The number of nitrogens with one attached hydrogen (secondary N) is 1. The highest BCUT2D eigenvalue weighted by Gasteiger charge is 2.11. The summed E-state index contributed by atoms with van der Waals surface area (Å²) < 4.78 is 0. The Balaban J connectivity index is 2.55. The number of hydrazine groups is 1. The van der Waals surface area contributed by atoms with E-state index in [4.69, 9.17) is 11.6 Å². The highest BCUT2D eigenvalue weighted by molar-refractivity contribution is 7.99. The van der Waals surface area contributed by atoms with Gasteiger partial charge in [-0.2, -0.15) is 0 Å². The van der Waals surface area contributed by atoms with Crippen molar-refractivity contribution in [1.82, 2.24) is 5.43 Å². The van der Waals surface area contributed by atoms with Gasteiger partial charge in [-0.25, -0.2) is 5.84 Å². The molecule has 0 aliphatic carbocycles. The molecule has 0 heterocycles. The molecular formula is C11H17N3OS. The van der Waals surface area contributed by atoms with Gasteiger partial charge in [-0.1, -0.05) is 6.92 Å². The Hall–Kier alpha value is -1.20. The second kappa shape index (κ2) is 5.77. The first-order chi connectivity index (χ1) is 7.54. The SMILES string of the molecule is Cc1cc(SCC(C)C(=O)NN)ccc1N. The Morgan fingerprint density at radius 3 is 2.81 bits per heavy atom. The lowest BCUT2D eigenvalue weighted by Gasteiger charge is -2.09. The number of anilines is 1. The summed E-state index contributed by atoms with van der Waals surface area (Å²) in [6.07, 6.45) is 0. The van der Waals surface area contributed by atoms with Crippen LogP contribution in [-0.4, -0.2) is 11.7 Å². The van der Waals surface area contributed by atoms with Crippen LogP contribution in [0, 0.1) is 12.8 Å². The second-order valence-electron chi connectivity index (χ2n) is 3.74. The molecule has 5 N–H and O–H groups in total. The summed E-state index contributed by atoms with van der Waals surface area (Å²) in [5, 5.41) is 0. The molecule has 0 aliphatic rings. The number of carbonyl (C=O) groups excluding carboxylic acids is 1. The van der Waals surface area contributed by atoms with E-state index in [1.165, 1.54) is 0 Å². The smallest absolute Gasteiger partial charge is 0.237 e. The molecule has 0 saturated heterocycles. The molecule has 0 saturated carbocycles. The van der Waals surface area contributed by atoms with Gasteiger partial charge in [-0.05, 0) is 30.7 Å². The van der Waals surface area contributed by atoms with Crippen molar-refractivity contribution in [1.29, 1.82) is 0 Å². The van der Waals surface area contributed by atoms with E-state index in [-0.39, 0.29) is 11.8 Å². The minimum Gasteiger partial charge on any atom is -0.399 e. The van der Waals surface area contributed by atoms with Crippen LogP contribution < -0.4 is 17.0 Å². The lowest BCUT2D eigenvalue weighted by atomic mass is 10.2. The summed E-state index contributed by atoms with van der Waals surface area (Å²) in [5.41, 5.74) is 9.72. The standard InChI is InChI=1S/C11H17N3OS/c1-7-5-9(3-4-10(7)12)16-6-8(2)11(15)14-13/h3-5,8H,6,12-13H2,1-2H3,(H,14,15). The maximum atomic E-state index is 11.2. The van der Waals surface area contributed by atoms with E-state index < -0.39 is 0 Å². The first kappa shape index (κ1) is 12.9. The lowest BCUT2D eigenvalue weighted by molar-refractivity contribution is -0.123. The van der Waals surface area contributed by atoms with Crippen molar-refractivity contribution in [3.63, 3.8) is 0 Å². The molecule has 88 valence electrons. The number of aryl methyl sites for hydroxylation is 1. The highest BCUT2D eigenvalue weighted by Crippen LogP contribution is 2.24. The summed E-state index contributed by atoms with van der Waals surface area (Å²) in [5.74, 6) is 5.52. The fourth-order valence-electron chi connectivity index (χ4n) is 1.18. The van der Waals surface area contributed by atoms with Crippen molar-refractivity contribution >= 4 is 23.4 Å². The zero-order valence-corrected chi connectivity index (χ0v) is 10.3. The Kier molecular flexibility index (Phi) is 4.64. The first-order valence-electron chi connectivity index (χ1n) is 5.04. The number of rotatable bonds is 4. The third-order valence-corrected chi connectivity index (χ3v) is 3.59. The van der Waals surface area contributed by atoms with Gasteiger partial charge in [0.25, 0.3) is 0 Å². The van der Waals surface area contributed by atoms with Crippen LogP contribution in [0.3, 0.4) is 0 Å². The van der Waals surface area contributed by atoms with Gasteiger partial charge in [0.2, 0.25) is 5.91 Å². The third-order valence-electron chi connectivity index (χ3n) is 2.33. The van der Waals surface area contributed by atoms with Crippen LogP contribution >= 0.6 is 11.8 Å². The fraction of sp³-hybridized carbons (Fsp3) is 0.364. The Morgan fingerprint density at radius 1 is 1.56 bits per heavy atom. The zero-order chi connectivity index (χ0) is 12.1. The Labute approximate surface area is 99.7 Å². The number of hydrogen-bond acceptors (Lipinski definition) is 4. The van der Waals surface area contributed by atoms with Crippen LogP contribution in [0.1, 0.15) is 12.5 Å². The molecule has 1 aromatic rings. The van der Waals surface area contributed by atoms with E-state index in [0.29, 0.717) is 5.75 Å². The van der Waals surface area contributed by atoms with Gasteiger partial charge in [0.1, 0.15) is 0 Å². The Bertz CT molecular complexity index is 381. The minimum absolute atomic E-state index is 0.104. The molecule has 1 aromatic carbocycles. The quantitative estimate of drug-likeness (QED) is 0.243. The van der Waals surface area contributed by atoms with Crippen LogP contribution in [0.2, 0.25) is 0 Å². The second-order valence-corrected chi connectivity index (χ2v) is 4.83. The topological polar surface area (TPSA) is 81.1 Å². The van der Waals surface area contributed by atoms with Crippen molar-refractivity contribution in [3.05, 3.63) is 23.8 Å². The van der Waals surface area contributed by atoms with Crippen LogP contribution in [0.4, 0.5) is 5.69 Å². The molecule has 0 aromatic heterocycles. The molecule has 0 aliphatic heterocycles. The van der Waals surface area contributed by atoms with E-state index in [9.17, 15) is 4.79 Å². The maximum absolute atomic E-state index is 11.2. The predicted molar refractivity (Wildman–Crippen MR) is 67.8 cm³/mol. The summed E-state index contributed by atoms with van der Waals surface area (Å²) in [7, 11) is 0. The summed E-state index contributed by atoms with van der Waals surface area (Å²) >= 11 is 1.62. The normalized spacial score (nSPS) is 12.2. The van der Waals surface area contributed by atoms with E-state index in [1.807, 2.05) is 32.0 Å². The van der Waals surface area contributed by atoms with Gasteiger partial charge >= 0.3 is 0 Å². The number of amides is 1. The average Bonchev–Trinajstić information content (AvgIpc) is 2.29. The van der Waals surface area contributed by atoms with Crippen molar-refractivity contribution < 1.29 is 4.79 Å². The average molecular weight is 239 g/mol. The van der Waals surface area contributed by atoms with Crippen LogP contribution in [-0.2, 0) is 4.79 Å². The van der Waals surface area contributed by atoms with Crippen molar-refractivity contribution in [2.24, 2.45) is 11.8 Å². The largest absolute Gasteiger partial charge is 0.399 e. The number of carbonyl (C=O) groups is 1. The van der Waals surface area contributed by atoms with E-state index >= 15 is 0 Å². The molecule has 0 radical (unpaired) electrons. The molecule has 4 nitrogen and oxygen atoms in total. The van der Waals surface area contributed by atoms with Gasteiger partial charge in [-0.3, -0.25) is 10.2 Å². The minimum atomic E-state index is -0.139. The van der Waals surface area contributed by atoms with E-state index in [1.54, 1.807) is 11.8 Å². The number of hydrogen-bond donors (Lipinski definition) is 3. The van der Waals surface area contributed by atoms with Crippen LogP contribution in [0.5, 0.6) is 0 Å². The molecule has 1 atom stereocenters.